The average molecular weight is 473 g/mol. The number of nitrogens with zero attached hydrogens (tertiary/aromatic N) is 1. The van der Waals surface area contributed by atoms with Crippen molar-refractivity contribution < 1.29 is 23.9 Å². The zero-order valence-corrected chi connectivity index (χ0v) is 19.7. The van der Waals surface area contributed by atoms with Gasteiger partial charge in [-0.2, -0.15) is 0 Å². The number of likely N-dealkylation sites (tertiary alicyclic amines) is 1. The molecule has 2 aromatic carbocycles. The highest BCUT2D eigenvalue weighted by Gasteiger charge is 2.67. The Balaban J connectivity index is 1.33. The summed E-state index contributed by atoms with van der Waals surface area (Å²) in [5, 5.41) is 2.91. The highest BCUT2D eigenvalue weighted by atomic mass is 16.5. The summed E-state index contributed by atoms with van der Waals surface area (Å²) in [6.45, 7) is 0. The van der Waals surface area contributed by atoms with Crippen LogP contribution in [0.2, 0.25) is 0 Å². The first-order chi connectivity index (χ1) is 17.0. The summed E-state index contributed by atoms with van der Waals surface area (Å²) in [6.07, 6.45) is 5.63. The fourth-order valence-corrected chi connectivity index (χ4v) is 6.54. The van der Waals surface area contributed by atoms with E-state index in [-0.39, 0.29) is 41.9 Å². The molecular weight excluding hydrogens is 444 g/mol. The van der Waals surface area contributed by atoms with Gasteiger partial charge in [-0.05, 0) is 47.8 Å². The van der Waals surface area contributed by atoms with Crippen LogP contribution < -0.4 is 14.8 Å². The molecule has 7 heteroatoms. The van der Waals surface area contributed by atoms with Crippen LogP contribution in [-0.2, 0) is 20.8 Å². The molecule has 1 heterocycles. The van der Waals surface area contributed by atoms with Crippen LogP contribution in [0.3, 0.4) is 0 Å². The van der Waals surface area contributed by atoms with Crippen molar-refractivity contribution in [2.24, 2.45) is 35.5 Å². The summed E-state index contributed by atoms with van der Waals surface area (Å²) in [7, 11) is 3.07. The Morgan fingerprint density at radius 1 is 0.971 bits per heavy atom. The zero-order chi connectivity index (χ0) is 24.3. The lowest BCUT2D eigenvalue weighted by atomic mass is 9.63. The number of anilines is 1. The second kappa shape index (κ2) is 8.26. The molecule has 3 fully saturated rings. The minimum absolute atomic E-state index is 0.110. The van der Waals surface area contributed by atoms with Crippen LogP contribution in [-0.4, -0.2) is 42.9 Å². The smallest absolute Gasteiger partial charge is 0.248 e. The number of amides is 3. The molecule has 0 unspecified atom stereocenters. The summed E-state index contributed by atoms with van der Waals surface area (Å²) >= 11 is 0. The van der Waals surface area contributed by atoms with Crippen molar-refractivity contribution in [2.45, 2.75) is 18.9 Å². The van der Waals surface area contributed by atoms with E-state index < -0.39 is 11.9 Å². The Morgan fingerprint density at radius 3 is 2.23 bits per heavy atom. The molecule has 2 aromatic rings. The maximum Gasteiger partial charge on any atom is 0.248 e. The Kier molecular flexibility index (Phi) is 5.16. The summed E-state index contributed by atoms with van der Waals surface area (Å²) in [4.78, 5) is 42.5. The van der Waals surface area contributed by atoms with Crippen molar-refractivity contribution in [1.29, 1.82) is 0 Å². The van der Waals surface area contributed by atoms with E-state index in [2.05, 4.69) is 17.5 Å². The third-order valence-corrected chi connectivity index (χ3v) is 8.25. The molecule has 35 heavy (non-hydrogen) atoms. The van der Waals surface area contributed by atoms with Gasteiger partial charge in [0.2, 0.25) is 17.7 Å². The minimum Gasteiger partial charge on any atom is -0.497 e. The predicted molar refractivity (Wildman–Crippen MR) is 129 cm³/mol. The molecule has 0 radical (unpaired) electrons. The lowest BCUT2D eigenvalue weighted by molar-refractivity contribution is -0.146. The quantitative estimate of drug-likeness (QED) is 0.494. The lowest BCUT2D eigenvalue weighted by Gasteiger charge is -2.37. The van der Waals surface area contributed by atoms with Crippen molar-refractivity contribution in [2.75, 3.05) is 19.5 Å². The third kappa shape index (κ3) is 3.44. The highest BCUT2D eigenvalue weighted by molar-refractivity contribution is 6.11. The van der Waals surface area contributed by atoms with Gasteiger partial charge in [-0.1, -0.05) is 42.5 Å². The van der Waals surface area contributed by atoms with Crippen molar-refractivity contribution >= 4 is 23.4 Å². The van der Waals surface area contributed by atoms with Gasteiger partial charge in [-0.3, -0.25) is 19.3 Å². The fraction of sp³-hybridized carbons (Fsp3) is 0.393. The predicted octanol–water partition coefficient (Wildman–Crippen LogP) is 3.31. The number of methoxy groups -OCH3 is 2. The number of carbonyl (C=O) groups excluding carboxylic acids is 3. The van der Waals surface area contributed by atoms with Crippen LogP contribution in [0, 0.1) is 35.5 Å². The highest BCUT2D eigenvalue weighted by Crippen LogP contribution is 2.65. The summed E-state index contributed by atoms with van der Waals surface area (Å²) in [6, 6.07) is 13.6. The molecule has 180 valence electrons. The Morgan fingerprint density at radius 2 is 1.63 bits per heavy atom. The number of rotatable bonds is 7. The SMILES string of the molecule is COc1ccc(NC(=O)[C@H](Cc2ccccc2)N2C(=O)[C@@H]3[C@H]4C=C[C@@H]([C@@H]5C[C@H]45)[C@H]3C2=O)c(OC)c1. The maximum absolute atomic E-state index is 13.7. The first kappa shape index (κ1) is 21.9. The number of nitrogens with one attached hydrogen (secondary N) is 1. The van der Waals surface area contributed by atoms with E-state index in [4.69, 9.17) is 9.47 Å². The second-order valence-corrected chi connectivity index (χ2v) is 9.96. The molecule has 7 atom stereocenters. The molecule has 0 aromatic heterocycles. The van der Waals surface area contributed by atoms with Crippen LogP contribution in [0.4, 0.5) is 5.69 Å². The van der Waals surface area contributed by atoms with Gasteiger partial charge in [0.15, 0.2) is 0 Å². The molecule has 2 saturated carbocycles. The number of allylic oxidation sites excluding steroid dienone is 2. The Hall–Kier alpha value is -3.61. The number of ether oxygens (including phenoxy) is 2. The summed E-state index contributed by atoms with van der Waals surface area (Å²) in [5.74, 6) is 0.749. The fourth-order valence-electron chi connectivity index (χ4n) is 6.54. The molecule has 4 aliphatic carbocycles. The first-order valence-corrected chi connectivity index (χ1v) is 12.1. The standard InChI is InChI=1S/C28H28N2O5/c1-34-16-8-11-21(23(13-16)35-2)29-26(31)22(12-15-6-4-3-5-7-15)30-27(32)24-17-9-10-18(20-14-19(17)20)25(24)28(30)33/h3-11,13,17-20,22,24-25H,12,14H2,1-2H3,(H,29,31)/t17-,18-,19-,20+,22-,24+,25+/m0/s1. The van der Waals surface area contributed by atoms with Crippen molar-refractivity contribution in [3.8, 4) is 11.5 Å². The second-order valence-electron chi connectivity index (χ2n) is 9.96. The van der Waals surface area contributed by atoms with Crippen LogP contribution in [0.5, 0.6) is 11.5 Å². The Labute approximate surface area is 204 Å². The molecule has 5 aliphatic rings. The molecule has 1 N–H and O–H groups in total. The first-order valence-electron chi connectivity index (χ1n) is 12.1. The number of carbonyl (C=O) groups is 3. The van der Waals surface area contributed by atoms with Crippen LogP contribution in [0.15, 0.2) is 60.7 Å². The normalized spacial score (nSPS) is 30.5. The Bertz CT molecular complexity index is 1190. The molecule has 3 amide bonds. The minimum atomic E-state index is -0.953. The molecular formula is C28H28N2O5. The van der Waals surface area contributed by atoms with Crippen LogP contribution in [0.1, 0.15) is 12.0 Å². The van der Waals surface area contributed by atoms with E-state index in [1.165, 1.54) is 12.0 Å². The zero-order valence-electron chi connectivity index (χ0n) is 19.7. The lowest BCUT2D eigenvalue weighted by Crippen LogP contribution is -2.49. The van der Waals surface area contributed by atoms with Crippen molar-refractivity contribution in [3.63, 3.8) is 0 Å². The molecule has 1 saturated heterocycles. The van der Waals surface area contributed by atoms with Crippen molar-refractivity contribution in [1.82, 2.24) is 4.90 Å². The van der Waals surface area contributed by atoms with E-state index >= 15 is 0 Å². The van der Waals surface area contributed by atoms with Gasteiger partial charge < -0.3 is 14.8 Å². The molecule has 2 bridgehead atoms. The topological polar surface area (TPSA) is 84.9 Å². The number of benzene rings is 2. The van der Waals surface area contributed by atoms with Gasteiger partial charge in [0.05, 0.1) is 31.7 Å². The monoisotopic (exact) mass is 472 g/mol. The summed E-state index contributed by atoms with van der Waals surface area (Å²) in [5.41, 5.74) is 1.34. The maximum atomic E-state index is 13.7. The number of hydrogen-bond donors (Lipinski definition) is 1. The van der Waals surface area contributed by atoms with Gasteiger partial charge in [0.1, 0.15) is 17.5 Å². The van der Waals surface area contributed by atoms with Gasteiger partial charge in [0, 0.05) is 12.5 Å². The van der Waals surface area contributed by atoms with Crippen LogP contribution in [0.25, 0.3) is 0 Å². The van der Waals surface area contributed by atoms with E-state index in [0.717, 1.165) is 12.0 Å². The van der Waals surface area contributed by atoms with Gasteiger partial charge in [0.25, 0.3) is 0 Å². The van der Waals surface area contributed by atoms with E-state index in [1.807, 2.05) is 30.3 Å². The largest absolute Gasteiger partial charge is 0.497 e. The van der Waals surface area contributed by atoms with E-state index in [0.29, 0.717) is 29.0 Å². The molecule has 7 rings (SSSR count). The van der Waals surface area contributed by atoms with E-state index in [1.54, 1.807) is 25.3 Å². The van der Waals surface area contributed by atoms with Gasteiger partial charge in [-0.15, -0.1) is 0 Å². The van der Waals surface area contributed by atoms with Crippen molar-refractivity contribution in [3.05, 3.63) is 66.2 Å². The molecule has 1 aliphatic heterocycles. The number of imide groups is 1. The average Bonchev–Trinajstić information content (AvgIpc) is 3.67. The summed E-state index contributed by atoms with van der Waals surface area (Å²) < 4.78 is 10.7. The molecule has 7 nitrogen and oxygen atoms in total. The van der Waals surface area contributed by atoms with Crippen LogP contribution >= 0.6 is 0 Å². The van der Waals surface area contributed by atoms with Gasteiger partial charge in [-0.25, -0.2) is 0 Å². The van der Waals surface area contributed by atoms with E-state index in [9.17, 15) is 14.4 Å². The molecule has 0 spiro atoms. The third-order valence-electron chi connectivity index (χ3n) is 8.25. The number of hydrogen-bond acceptors (Lipinski definition) is 5. The van der Waals surface area contributed by atoms with Gasteiger partial charge >= 0.3 is 0 Å².